The van der Waals surface area contributed by atoms with E-state index in [0.29, 0.717) is 12.0 Å². The summed E-state index contributed by atoms with van der Waals surface area (Å²) in [6.45, 7) is 8.96. The fourth-order valence-corrected chi connectivity index (χ4v) is 1.97. The van der Waals surface area contributed by atoms with Gasteiger partial charge in [0.25, 0.3) is 0 Å². The third kappa shape index (κ3) is 1.43. The van der Waals surface area contributed by atoms with Gasteiger partial charge in [0.2, 0.25) is 0 Å². The Labute approximate surface area is 79.3 Å². The van der Waals surface area contributed by atoms with Gasteiger partial charge in [-0.15, -0.1) is 0 Å². The van der Waals surface area contributed by atoms with Crippen LogP contribution in [-0.4, -0.2) is 22.4 Å². The molecule has 0 fully saturated rings. The van der Waals surface area contributed by atoms with Gasteiger partial charge in [-0.25, -0.2) is 4.68 Å². The second kappa shape index (κ2) is 3.05. The van der Waals surface area contributed by atoms with Gasteiger partial charge in [0.05, 0.1) is 6.20 Å². The maximum absolute atomic E-state index is 4.31. The molecule has 1 aliphatic rings. The highest BCUT2D eigenvalue weighted by atomic mass is 15.4. The van der Waals surface area contributed by atoms with Crippen LogP contribution < -0.4 is 4.90 Å². The van der Waals surface area contributed by atoms with E-state index in [9.17, 15) is 0 Å². The van der Waals surface area contributed by atoms with Crippen molar-refractivity contribution in [2.75, 3.05) is 11.4 Å². The molecular formula is C10H17N3. The van der Waals surface area contributed by atoms with E-state index >= 15 is 0 Å². The van der Waals surface area contributed by atoms with E-state index in [2.05, 4.69) is 41.5 Å². The highest BCUT2D eigenvalue weighted by Crippen LogP contribution is 2.24. The summed E-state index contributed by atoms with van der Waals surface area (Å²) in [7, 11) is 0. The molecule has 13 heavy (non-hydrogen) atoms. The lowest BCUT2D eigenvalue weighted by atomic mass is 10.1. The topological polar surface area (TPSA) is 21.1 Å². The molecule has 1 unspecified atom stereocenters. The second-order valence-electron chi connectivity index (χ2n) is 4.22. The molecule has 2 rings (SSSR count). The molecule has 0 amide bonds. The molecule has 0 saturated carbocycles. The zero-order valence-corrected chi connectivity index (χ0v) is 8.57. The van der Waals surface area contributed by atoms with Crippen molar-refractivity contribution in [2.24, 2.45) is 5.92 Å². The number of rotatable bonds is 1. The van der Waals surface area contributed by atoms with Gasteiger partial charge in [0.1, 0.15) is 5.82 Å². The fourth-order valence-electron chi connectivity index (χ4n) is 1.97. The van der Waals surface area contributed by atoms with Crippen molar-refractivity contribution < 1.29 is 0 Å². The molecule has 0 N–H and O–H groups in total. The van der Waals surface area contributed by atoms with Crippen molar-refractivity contribution in [3.63, 3.8) is 0 Å². The first-order valence-electron chi connectivity index (χ1n) is 4.97. The fraction of sp³-hybridized carbons (Fsp3) is 0.700. The lowest BCUT2D eigenvalue weighted by Gasteiger charge is -2.36. The number of hydrogen-bond donors (Lipinski definition) is 0. The number of aromatic nitrogens is 2. The smallest absolute Gasteiger partial charge is 0.127 e. The molecule has 3 heteroatoms. The second-order valence-corrected chi connectivity index (χ2v) is 4.22. The zero-order valence-electron chi connectivity index (χ0n) is 8.57. The summed E-state index contributed by atoms with van der Waals surface area (Å²) in [6, 6.07) is 2.67. The zero-order chi connectivity index (χ0) is 9.42. The van der Waals surface area contributed by atoms with E-state index in [-0.39, 0.29) is 0 Å². The van der Waals surface area contributed by atoms with E-state index in [1.165, 1.54) is 5.82 Å². The highest BCUT2D eigenvalue weighted by molar-refractivity contribution is 5.40. The van der Waals surface area contributed by atoms with Gasteiger partial charge in [-0.3, -0.25) is 0 Å². The summed E-state index contributed by atoms with van der Waals surface area (Å²) >= 11 is 0. The van der Waals surface area contributed by atoms with E-state index in [1.54, 1.807) is 0 Å². The summed E-state index contributed by atoms with van der Waals surface area (Å²) in [6.07, 6.45) is 1.89. The summed E-state index contributed by atoms with van der Waals surface area (Å²) in [5.41, 5.74) is 0. The predicted molar refractivity (Wildman–Crippen MR) is 53.9 cm³/mol. The molecular weight excluding hydrogens is 162 g/mol. The van der Waals surface area contributed by atoms with Crippen LogP contribution >= 0.6 is 0 Å². The summed E-state index contributed by atoms with van der Waals surface area (Å²) < 4.78 is 2.11. The Morgan fingerprint density at radius 1 is 1.46 bits per heavy atom. The maximum atomic E-state index is 4.31. The van der Waals surface area contributed by atoms with Crippen LogP contribution in [0.2, 0.25) is 0 Å². The minimum absolute atomic E-state index is 0.568. The molecule has 0 aliphatic carbocycles. The molecule has 0 saturated heterocycles. The quantitative estimate of drug-likeness (QED) is 0.655. The number of nitrogens with zero attached hydrogens (tertiary/aromatic N) is 3. The van der Waals surface area contributed by atoms with Crippen LogP contribution in [0.3, 0.4) is 0 Å². The van der Waals surface area contributed by atoms with Gasteiger partial charge >= 0.3 is 0 Å². The van der Waals surface area contributed by atoms with Gasteiger partial charge in [-0.1, -0.05) is 6.92 Å². The number of hydrogen-bond acceptors (Lipinski definition) is 2. The lowest BCUT2D eigenvalue weighted by molar-refractivity contribution is 0.393. The third-order valence-electron chi connectivity index (χ3n) is 2.60. The van der Waals surface area contributed by atoms with Crippen molar-refractivity contribution in [2.45, 2.75) is 33.4 Å². The van der Waals surface area contributed by atoms with E-state index in [0.717, 1.165) is 13.1 Å². The Morgan fingerprint density at radius 2 is 2.23 bits per heavy atom. The highest BCUT2D eigenvalue weighted by Gasteiger charge is 2.23. The van der Waals surface area contributed by atoms with Crippen LogP contribution in [0.5, 0.6) is 0 Å². The first-order chi connectivity index (χ1) is 6.18. The Bertz CT molecular complexity index is 290. The van der Waals surface area contributed by atoms with Crippen LogP contribution in [-0.2, 0) is 6.54 Å². The van der Waals surface area contributed by atoms with Gasteiger partial charge in [-0.2, -0.15) is 5.10 Å². The first kappa shape index (κ1) is 8.60. The van der Waals surface area contributed by atoms with E-state index < -0.39 is 0 Å². The van der Waals surface area contributed by atoms with Crippen molar-refractivity contribution in [3.05, 3.63) is 12.3 Å². The van der Waals surface area contributed by atoms with Crippen LogP contribution in [0.1, 0.15) is 20.8 Å². The lowest BCUT2D eigenvalue weighted by Crippen LogP contribution is -2.41. The average Bonchev–Trinajstić information content (AvgIpc) is 2.49. The van der Waals surface area contributed by atoms with Crippen molar-refractivity contribution in [1.82, 2.24) is 9.78 Å². The Morgan fingerprint density at radius 3 is 2.92 bits per heavy atom. The molecule has 0 radical (unpaired) electrons. The Balaban J connectivity index is 2.32. The van der Waals surface area contributed by atoms with Crippen molar-refractivity contribution >= 4 is 5.82 Å². The van der Waals surface area contributed by atoms with Crippen molar-refractivity contribution in [1.29, 1.82) is 0 Å². The third-order valence-corrected chi connectivity index (χ3v) is 2.60. The van der Waals surface area contributed by atoms with Crippen LogP contribution in [0.4, 0.5) is 5.82 Å². The minimum atomic E-state index is 0.568. The predicted octanol–water partition coefficient (Wildman–Crippen LogP) is 1.75. The molecule has 1 aliphatic heterocycles. The molecule has 2 heterocycles. The normalized spacial score (nSPS) is 22.2. The summed E-state index contributed by atoms with van der Waals surface area (Å²) in [5, 5.41) is 4.31. The van der Waals surface area contributed by atoms with Gasteiger partial charge in [0, 0.05) is 25.2 Å². The van der Waals surface area contributed by atoms with Gasteiger partial charge in [-0.05, 0) is 19.8 Å². The average molecular weight is 179 g/mol. The largest absolute Gasteiger partial charge is 0.354 e. The molecule has 1 aromatic rings. The Kier molecular flexibility index (Phi) is 2.02. The minimum Gasteiger partial charge on any atom is -0.354 e. The maximum Gasteiger partial charge on any atom is 0.127 e. The van der Waals surface area contributed by atoms with Gasteiger partial charge in [0.15, 0.2) is 0 Å². The van der Waals surface area contributed by atoms with E-state index in [1.807, 2.05) is 6.20 Å². The Hall–Kier alpha value is -0.990. The van der Waals surface area contributed by atoms with Crippen LogP contribution in [0.15, 0.2) is 12.3 Å². The molecule has 72 valence electrons. The van der Waals surface area contributed by atoms with Crippen LogP contribution in [0, 0.1) is 5.92 Å². The molecule has 1 aromatic heterocycles. The van der Waals surface area contributed by atoms with Gasteiger partial charge < -0.3 is 4.90 Å². The summed E-state index contributed by atoms with van der Waals surface area (Å²) in [4.78, 5) is 2.42. The SMILES string of the molecule is CC1CN(C(C)C)c2ccnn2C1. The van der Waals surface area contributed by atoms with E-state index in [4.69, 9.17) is 0 Å². The summed E-state index contributed by atoms with van der Waals surface area (Å²) in [5.74, 6) is 1.97. The number of fused-ring (bicyclic) bond motifs is 1. The van der Waals surface area contributed by atoms with Crippen LogP contribution in [0.25, 0.3) is 0 Å². The monoisotopic (exact) mass is 179 g/mol. The molecule has 1 atom stereocenters. The molecule has 0 aromatic carbocycles. The van der Waals surface area contributed by atoms with Crippen molar-refractivity contribution in [3.8, 4) is 0 Å². The standard InChI is InChI=1S/C10H17N3/c1-8(2)12-6-9(3)7-13-10(12)4-5-11-13/h4-5,8-9H,6-7H2,1-3H3. The molecule has 3 nitrogen and oxygen atoms in total. The first-order valence-corrected chi connectivity index (χ1v) is 4.97. The molecule has 0 spiro atoms. The molecule has 0 bridgehead atoms. The number of anilines is 1.